The lowest BCUT2D eigenvalue weighted by atomic mass is 9.96. The highest BCUT2D eigenvalue weighted by atomic mass is 127. The molecular formula is C15H24B3IO12P2S. The van der Waals surface area contributed by atoms with Crippen LogP contribution in [0.3, 0.4) is 0 Å². The molecule has 188 valence electrons. The van der Waals surface area contributed by atoms with Gasteiger partial charge in [-0.3, -0.25) is 9.05 Å². The molecule has 34 heavy (non-hydrogen) atoms. The molecule has 0 aromatic heterocycles. The van der Waals surface area contributed by atoms with Crippen LogP contribution in [-0.4, -0.2) is 113 Å². The summed E-state index contributed by atoms with van der Waals surface area (Å²) in [5, 5.41) is 9.86. The minimum Gasteiger partial charge on any atom is -0.390 e. The van der Waals surface area contributed by atoms with Gasteiger partial charge in [-0.15, -0.1) is 0 Å². The van der Waals surface area contributed by atoms with Crippen molar-refractivity contribution in [1.82, 2.24) is 0 Å². The zero-order valence-corrected chi connectivity index (χ0v) is 22.6. The molecule has 3 aliphatic rings. The van der Waals surface area contributed by atoms with E-state index in [1.165, 1.54) is 0 Å². The van der Waals surface area contributed by atoms with E-state index in [4.69, 9.17) is 70.7 Å². The molecule has 3 rings (SSSR count). The third-order valence-electron chi connectivity index (χ3n) is 5.28. The van der Waals surface area contributed by atoms with E-state index in [-0.39, 0.29) is 32.5 Å². The fourth-order valence-corrected chi connectivity index (χ4v) is 6.51. The van der Waals surface area contributed by atoms with Crippen LogP contribution >= 0.6 is 37.5 Å². The molecular weight excluding hydrogens is 626 g/mol. The number of hydrogen-bond acceptors (Lipinski definition) is 11. The van der Waals surface area contributed by atoms with Gasteiger partial charge in [0.05, 0.1) is 38.1 Å². The number of phosphoric acid groups is 1. The smallest absolute Gasteiger partial charge is 0.390 e. The minimum atomic E-state index is -4.56. The first kappa shape index (κ1) is 29.9. The van der Waals surface area contributed by atoms with E-state index >= 15 is 0 Å². The van der Waals surface area contributed by atoms with Crippen molar-refractivity contribution in [2.24, 2.45) is 0 Å². The Kier molecular flexibility index (Phi) is 11.4. The molecule has 3 fully saturated rings. The third-order valence-corrected chi connectivity index (χ3v) is 8.24. The van der Waals surface area contributed by atoms with Gasteiger partial charge >= 0.3 is 14.5 Å². The van der Waals surface area contributed by atoms with E-state index in [1.54, 1.807) is 23.0 Å². The highest BCUT2D eigenvalue weighted by Crippen LogP contribution is 2.50. The lowest BCUT2D eigenvalue weighted by Crippen LogP contribution is -2.31. The van der Waals surface area contributed by atoms with E-state index in [1.807, 2.05) is 0 Å². The van der Waals surface area contributed by atoms with Crippen LogP contribution in [0.25, 0.3) is 0 Å². The Hall–Kier alpha value is 1.36. The summed E-state index contributed by atoms with van der Waals surface area (Å²) in [4.78, 5) is 20.6. The molecule has 6 radical (unpaired) electrons. The standard InChI is InChI=1S/C15H24B3IO12P2S/c16-13-1-7(20)10(27-13)5-26-33(23,34)31-9-3-15(18)29-12(9)6-25-32(21,22)30-8-2-14(17)28-11(8)4-24-19/h7-15,20H,1-6H2,(H,21,22)(H,23,34)/t7?,8?,9?,10-,11-,12-,13-,14-,15-,33?/m1/s1. The van der Waals surface area contributed by atoms with Gasteiger partial charge in [0.25, 0.3) is 0 Å². The molecule has 0 aromatic carbocycles. The zero-order valence-electron chi connectivity index (χ0n) is 17.9. The SMILES string of the molecule is [B][C@H]1CC(O)[C@@H](COP(O)(=S)OC2C[C@H]([B])O[C@@H]2COP(=O)(O)OC2C[C@H]([B])O[C@@H]2COI)O1. The molecule has 5 unspecified atom stereocenters. The number of hydrogen-bond donors (Lipinski definition) is 3. The Morgan fingerprint density at radius 3 is 1.91 bits per heavy atom. The normalized spacial score (nSPS) is 41.9. The number of aliphatic hydroxyl groups is 1. The van der Waals surface area contributed by atoms with Gasteiger partial charge < -0.3 is 41.2 Å². The largest absolute Gasteiger partial charge is 0.472 e. The van der Waals surface area contributed by atoms with Gasteiger partial charge in [-0.2, -0.15) is 0 Å². The predicted octanol–water partition coefficient (Wildman–Crippen LogP) is -0.315. The summed E-state index contributed by atoms with van der Waals surface area (Å²) in [6.45, 7) is -4.40. The first-order valence-corrected chi connectivity index (χ1v) is 15.3. The molecule has 12 nitrogen and oxygen atoms in total. The van der Waals surface area contributed by atoms with Crippen molar-refractivity contribution >= 4 is 72.9 Å². The van der Waals surface area contributed by atoms with Crippen molar-refractivity contribution in [2.75, 3.05) is 19.8 Å². The van der Waals surface area contributed by atoms with Crippen LogP contribution in [0.1, 0.15) is 19.3 Å². The van der Waals surface area contributed by atoms with Crippen LogP contribution in [0.2, 0.25) is 0 Å². The Labute approximate surface area is 220 Å². The predicted molar refractivity (Wildman–Crippen MR) is 131 cm³/mol. The summed E-state index contributed by atoms with van der Waals surface area (Å²) >= 11 is 6.69. The van der Waals surface area contributed by atoms with Gasteiger partial charge in [0.15, 0.2) is 0 Å². The summed E-state index contributed by atoms with van der Waals surface area (Å²) in [6.07, 6.45) is -4.43. The molecule has 0 spiro atoms. The fourth-order valence-electron chi connectivity index (χ4n) is 3.72. The van der Waals surface area contributed by atoms with E-state index in [0.29, 0.717) is 0 Å². The highest BCUT2D eigenvalue weighted by Gasteiger charge is 2.42. The second-order valence-corrected chi connectivity index (χ2v) is 12.8. The zero-order chi connectivity index (χ0) is 25.1. The monoisotopic (exact) mass is 650 g/mol. The molecule has 3 saturated heterocycles. The van der Waals surface area contributed by atoms with E-state index < -0.39 is 75.8 Å². The van der Waals surface area contributed by atoms with Gasteiger partial charge in [0.1, 0.15) is 64.9 Å². The van der Waals surface area contributed by atoms with Gasteiger partial charge in [-0.05, 0) is 31.1 Å². The summed E-state index contributed by atoms with van der Waals surface area (Å²) in [5.41, 5.74) is 0. The summed E-state index contributed by atoms with van der Waals surface area (Å²) in [6, 6.07) is -2.11. The Morgan fingerprint density at radius 1 is 0.853 bits per heavy atom. The number of rotatable bonds is 12. The topological polar surface area (TPSA) is 152 Å². The summed E-state index contributed by atoms with van der Waals surface area (Å²) in [5.74, 6) is 0. The van der Waals surface area contributed by atoms with Gasteiger partial charge in [0, 0.05) is 18.0 Å². The summed E-state index contributed by atoms with van der Waals surface area (Å²) < 4.78 is 54.6. The third kappa shape index (κ3) is 8.99. The van der Waals surface area contributed by atoms with Gasteiger partial charge in [-0.1, -0.05) is 0 Å². The number of ether oxygens (including phenoxy) is 3. The molecule has 3 aliphatic heterocycles. The number of phosphoric ester groups is 1. The molecule has 3 N–H and O–H groups in total. The van der Waals surface area contributed by atoms with E-state index in [9.17, 15) is 19.5 Å². The second-order valence-electron chi connectivity index (χ2n) is 8.01. The number of aliphatic hydroxyl groups excluding tert-OH is 1. The Bertz CT molecular complexity index is 776. The average molecular weight is 650 g/mol. The van der Waals surface area contributed by atoms with E-state index in [0.717, 1.165) is 0 Å². The second kappa shape index (κ2) is 12.9. The average Bonchev–Trinajstić information content (AvgIpc) is 3.34. The van der Waals surface area contributed by atoms with Crippen molar-refractivity contribution in [3.05, 3.63) is 0 Å². The molecule has 0 saturated carbocycles. The quantitative estimate of drug-likeness (QED) is 0.144. The maximum Gasteiger partial charge on any atom is 0.472 e. The van der Waals surface area contributed by atoms with Crippen LogP contribution < -0.4 is 0 Å². The van der Waals surface area contributed by atoms with Crippen LogP contribution in [0.5, 0.6) is 0 Å². The maximum atomic E-state index is 12.5. The van der Waals surface area contributed by atoms with Crippen LogP contribution in [0.15, 0.2) is 0 Å². The van der Waals surface area contributed by atoms with Gasteiger partial charge in [-0.25, -0.2) is 4.57 Å². The van der Waals surface area contributed by atoms with Crippen molar-refractivity contribution < 1.29 is 54.8 Å². The molecule has 11 atom stereocenters. The van der Waals surface area contributed by atoms with Crippen molar-refractivity contribution in [3.8, 4) is 0 Å². The Balaban J connectivity index is 1.50. The minimum absolute atomic E-state index is 0.103. The van der Waals surface area contributed by atoms with Crippen LogP contribution in [-0.2, 0) is 51.7 Å². The maximum absolute atomic E-state index is 12.5. The van der Waals surface area contributed by atoms with Crippen molar-refractivity contribution in [1.29, 1.82) is 0 Å². The van der Waals surface area contributed by atoms with Crippen LogP contribution in [0.4, 0.5) is 0 Å². The molecule has 0 bridgehead atoms. The molecule has 3 heterocycles. The fraction of sp³-hybridized carbons (Fsp3) is 1.00. The van der Waals surface area contributed by atoms with Crippen molar-refractivity contribution in [2.45, 2.75) is 73.9 Å². The van der Waals surface area contributed by atoms with Gasteiger partial charge in [0.2, 0.25) is 0 Å². The van der Waals surface area contributed by atoms with Crippen molar-refractivity contribution in [3.63, 3.8) is 0 Å². The first-order chi connectivity index (χ1) is 15.9. The number of halogens is 1. The molecule has 19 heteroatoms. The Morgan fingerprint density at radius 2 is 1.35 bits per heavy atom. The molecule has 0 aromatic rings. The highest BCUT2D eigenvalue weighted by molar-refractivity contribution is 14.1. The summed E-state index contributed by atoms with van der Waals surface area (Å²) in [7, 11) is 12.6. The molecule has 0 aliphatic carbocycles. The first-order valence-electron chi connectivity index (χ1n) is 10.3. The van der Waals surface area contributed by atoms with Crippen LogP contribution in [0, 0.1) is 0 Å². The van der Waals surface area contributed by atoms with E-state index in [2.05, 4.69) is 0 Å². The lowest BCUT2D eigenvalue weighted by molar-refractivity contribution is -0.0243. The molecule has 0 amide bonds. The lowest BCUT2D eigenvalue weighted by Gasteiger charge is -2.26.